The van der Waals surface area contributed by atoms with Gasteiger partial charge in [-0.1, -0.05) is 12.1 Å². The first kappa shape index (κ1) is 12.8. The second kappa shape index (κ2) is 5.81. The van der Waals surface area contributed by atoms with Gasteiger partial charge in [-0.05, 0) is 24.6 Å². The Morgan fingerprint density at radius 3 is 2.95 bits per heavy atom. The first-order valence-corrected chi connectivity index (χ1v) is 5.78. The molecule has 0 radical (unpaired) electrons. The summed E-state index contributed by atoms with van der Waals surface area (Å²) in [4.78, 5) is 30.8. The highest BCUT2D eigenvalue weighted by Gasteiger charge is 1.97. The maximum absolute atomic E-state index is 11.4. The predicted octanol–water partition coefficient (Wildman–Crippen LogP) is 1.21. The van der Waals surface area contributed by atoms with E-state index >= 15 is 0 Å². The van der Waals surface area contributed by atoms with E-state index in [4.69, 9.17) is 4.74 Å². The van der Waals surface area contributed by atoms with E-state index in [1.807, 2.05) is 31.2 Å². The maximum atomic E-state index is 11.4. The molecule has 1 aromatic carbocycles. The van der Waals surface area contributed by atoms with E-state index in [1.54, 1.807) is 0 Å². The number of nitrogens with zero attached hydrogens (tertiary/aromatic N) is 1. The van der Waals surface area contributed by atoms with E-state index in [9.17, 15) is 9.59 Å². The van der Waals surface area contributed by atoms with E-state index in [0.717, 1.165) is 11.3 Å². The Hall–Kier alpha value is -2.63. The Labute approximate surface area is 108 Å². The van der Waals surface area contributed by atoms with Crippen LogP contribution in [0.25, 0.3) is 0 Å². The van der Waals surface area contributed by atoms with E-state index in [-0.39, 0.29) is 5.69 Å². The van der Waals surface area contributed by atoms with Gasteiger partial charge in [0.1, 0.15) is 11.4 Å². The Morgan fingerprint density at radius 2 is 2.21 bits per heavy atom. The number of aliphatic imine (C=N–C) groups is 1. The van der Waals surface area contributed by atoms with Crippen molar-refractivity contribution in [2.24, 2.45) is 4.99 Å². The Morgan fingerprint density at radius 1 is 1.37 bits per heavy atom. The lowest BCUT2D eigenvalue weighted by molar-refractivity contribution is 0.340. The van der Waals surface area contributed by atoms with Crippen LogP contribution in [0.15, 0.2) is 45.0 Å². The zero-order chi connectivity index (χ0) is 13.7. The van der Waals surface area contributed by atoms with Crippen LogP contribution >= 0.6 is 0 Å². The molecule has 2 rings (SSSR count). The molecule has 2 aromatic rings. The van der Waals surface area contributed by atoms with Crippen molar-refractivity contribution >= 4 is 11.9 Å². The maximum Gasteiger partial charge on any atom is 0.325 e. The summed E-state index contributed by atoms with van der Waals surface area (Å²) in [5.74, 6) is 0.738. The van der Waals surface area contributed by atoms with Crippen molar-refractivity contribution < 1.29 is 4.74 Å². The molecular weight excluding hydrogens is 246 g/mol. The van der Waals surface area contributed by atoms with E-state index in [0.29, 0.717) is 6.61 Å². The SMILES string of the molecule is CCOc1cccc(C=Nc2c[nH]c(=O)[nH]c2=O)c1. The normalized spacial score (nSPS) is 10.8. The van der Waals surface area contributed by atoms with Crippen LogP contribution in [-0.2, 0) is 0 Å². The molecule has 0 unspecified atom stereocenters. The molecule has 2 N–H and O–H groups in total. The standard InChI is InChI=1S/C13H13N3O3/c1-2-19-10-5-3-4-9(6-10)7-14-11-8-15-13(18)16-12(11)17/h3-8H,2H2,1H3,(H2,15,16,17,18). The minimum absolute atomic E-state index is 0.140. The largest absolute Gasteiger partial charge is 0.494 e. The Bertz CT molecular complexity index is 701. The molecule has 0 bridgehead atoms. The molecule has 98 valence electrons. The predicted molar refractivity (Wildman–Crippen MR) is 72.5 cm³/mol. The van der Waals surface area contributed by atoms with Crippen LogP contribution in [0.3, 0.4) is 0 Å². The third-order valence-electron chi connectivity index (χ3n) is 2.32. The summed E-state index contributed by atoms with van der Waals surface area (Å²) < 4.78 is 5.36. The minimum Gasteiger partial charge on any atom is -0.494 e. The average molecular weight is 259 g/mol. The average Bonchev–Trinajstić information content (AvgIpc) is 2.38. The van der Waals surface area contributed by atoms with Crippen LogP contribution in [0.2, 0.25) is 0 Å². The smallest absolute Gasteiger partial charge is 0.325 e. The third kappa shape index (κ3) is 3.41. The van der Waals surface area contributed by atoms with Crippen LogP contribution in [0.4, 0.5) is 5.69 Å². The summed E-state index contributed by atoms with van der Waals surface area (Å²) in [7, 11) is 0. The van der Waals surface area contributed by atoms with Crippen LogP contribution in [0.5, 0.6) is 5.75 Å². The molecule has 0 aliphatic rings. The lowest BCUT2D eigenvalue weighted by Gasteiger charge is -2.02. The van der Waals surface area contributed by atoms with Crippen molar-refractivity contribution in [3.63, 3.8) is 0 Å². The van der Waals surface area contributed by atoms with Crippen LogP contribution in [-0.4, -0.2) is 22.8 Å². The van der Waals surface area contributed by atoms with Crippen molar-refractivity contribution in [3.05, 3.63) is 56.9 Å². The molecule has 19 heavy (non-hydrogen) atoms. The molecule has 0 spiro atoms. The fourth-order valence-electron chi connectivity index (χ4n) is 1.49. The van der Waals surface area contributed by atoms with Gasteiger partial charge in [-0.15, -0.1) is 0 Å². The van der Waals surface area contributed by atoms with Gasteiger partial charge in [0, 0.05) is 12.4 Å². The van der Waals surface area contributed by atoms with Crippen LogP contribution < -0.4 is 16.0 Å². The first-order chi connectivity index (χ1) is 9.19. The highest BCUT2D eigenvalue weighted by atomic mass is 16.5. The van der Waals surface area contributed by atoms with Gasteiger partial charge in [-0.2, -0.15) is 0 Å². The lowest BCUT2D eigenvalue weighted by Crippen LogP contribution is -2.20. The summed E-state index contributed by atoms with van der Waals surface area (Å²) >= 11 is 0. The highest BCUT2D eigenvalue weighted by molar-refractivity contribution is 5.82. The summed E-state index contributed by atoms with van der Waals surface area (Å²) in [6.07, 6.45) is 2.80. The van der Waals surface area contributed by atoms with Gasteiger partial charge in [0.05, 0.1) is 6.61 Å². The Balaban J connectivity index is 2.24. The van der Waals surface area contributed by atoms with Gasteiger partial charge in [0.25, 0.3) is 5.56 Å². The van der Waals surface area contributed by atoms with Crippen molar-refractivity contribution in [2.45, 2.75) is 6.92 Å². The van der Waals surface area contributed by atoms with Crippen molar-refractivity contribution in [1.82, 2.24) is 9.97 Å². The number of ether oxygens (including phenoxy) is 1. The summed E-state index contributed by atoms with van der Waals surface area (Å²) in [6, 6.07) is 7.33. The second-order valence-electron chi connectivity index (χ2n) is 3.72. The number of aromatic nitrogens is 2. The molecule has 1 heterocycles. The number of aromatic amines is 2. The summed E-state index contributed by atoms with van der Waals surface area (Å²) in [5.41, 5.74) is -0.138. The zero-order valence-corrected chi connectivity index (χ0v) is 10.3. The monoisotopic (exact) mass is 259 g/mol. The van der Waals surface area contributed by atoms with Crippen LogP contribution in [0, 0.1) is 0 Å². The Kier molecular flexibility index (Phi) is 3.92. The van der Waals surface area contributed by atoms with Crippen molar-refractivity contribution in [3.8, 4) is 5.75 Å². The van der Waals surface area contributed by atoms with E-state index in [1.165, 1.54) is 12.4 Å². The van der Waals surface area contributed by atoms with Gasteiger partial charge < -0.3 is 9.72 Å². The van der Waals surface area contributed by atoms with E-state index in [2.05, 4.69) is 15.0 Å². The number of nitrogens with one attached hydrogen (secondary N) is 2. The van der Waals surface area contributed by atoms with Gasteiger partial charge in [-0.25, -0.2) is 9.79 Å². The van der Waals surface area contributed by atoms with Crippen LogP contribution in [0.1, 0.15) is 12.5 Å². The van der Waals surface area contributed by atoms with Crippen molar-refractivity contribution in [2.75, 3.05) is 6.61 Å². The summed E-state index contributed by atoms with van der Waals surface area (Å²) in [5, 5.41) is 0. The number of hydrogen-bond donors (Lipinski definition) is 2. The fourth-order valence-corrected chi connectivity index (χ4v) is 1.49. The summed E-state index contributed by atoms with van der Waals surface area (Å²) in [6.45, 7) is 2.49. The minimum atomic E-state index is -0.553. The van der Waals surface area contributed by atoms with Crippen molar-refractivity contribution in [1.29, 1.82) is 0 Å². The lowest BCUT2D eigenvalue weighted by atomic mass is 10.2. The van der Waals surface area contributed by atoms with Gasteiger partial charge in [0.2, 0.25) is 0 Å². The molecule has 0 aliphatic heterocycles. The molecule has 0 saturated heterocycles. The number of rotatable bonds is 4. The second-order valence-corrected chi connectivity index (χ2v) is 3.72. The fraction of sp³-hybridized carbons (Fsp3) is 0.154. The molecule has 0 aliphatic carbocycles. The zero-order valence-electron chi connectivity index (χ0n) is 10.3. The number of hydrogen-bond acceptors (Lipinski definition) is 4. The highest BCUT2D eigenvalue weighted by Crippen LogP contribution is 2.12. The quantitative estimate of drug-likeness (QED) is 0.809. The number of H-pyrrole nitrogens is 2. The molecule has 1 aromatic heterocycles. The molecule has 0 fully saturated rings. The molecule has 0 atom stereocenters. The van der Waals surface area contributed by atoms with Gasteiger partial charge >= 0.3 is 5.69 Å². The third-order valence-corrected chi connectivity index (χ3v) is 2.32. The first-order valence-electron chi connectivity index (χ1n) is 5.78. The number of benzene rings is 1. The van der Waals surface area contributed by atoms with Gasteiger partial charge in [0.15, 0.2) is 0 Å². The molecular formula is C13H13N3O3. The molecule has 0 saturated carbocycles. The molecule has 6 heteroatoms. The van der Waals surface area contributed by atoms with Gasteiger partial charge in [-0.3, -0.25) is 9.78 Å². The topological polar surface area (TPSA) is 87.3 Å². The molecule has 0 amide bonds. The molecule has 6 nitrogen and oxygen atoms in total. The van der Waals surface area contributed by atoms with E-state index < -0.39 is 11.2 Å².